The predicted octanol–water partition coefficient (Wildman–Crippen LogP) is 1.79. The first kappa shape index (κ1) is 16.8. The number of anilines is 1. The molecular weight excluding hydrogens is 328 g/mol. The first-order valence-corrected chi connectivity index (χ1v) is 8.79. The highest BCUT2D eigenvalue weighted by molar-refractivity contribution is 7.94. The smallest absolute Gasteiger partial charge is 0.252 e. The molecule has 1 saturated heterocycles. The second-order valence-corrected chi connectivity index (χ2v) is 7.84. The summed E-state index contributed by atoms with van der Waals surface area (Å²) in [6.45, 7) is 5.19. The van der Waals surface area contributed by atoms with Crippen LogP contribution in [0.4, 0.5) is 5.69 Å². The third-order valence-electron chi connectivity index (χ3n) is 3.21. The van der Waals surface area contributed by atoms with E-state index in [4.69, 9.17) is 11.6 Å². The Morgan fingerprint density at radius 2 is 2.05 bits per heavy atom. The molecule has 1 heterocycles. The molecule has 0 bridgehead atoms. The summed E-state index contributed by atoms with van der Waals surface area (Å²) in [7, 11) is -3.68. The Morgan fingerprint density at radius 3 is 2.50 bits per heavy atom. The van der Waals surface area contributed by atoms with Crippen molar-refractivity contribution in [3.05, 3.63) is 28.8 Å². The summed E-state index contributed by atoms with van der Waals surface area (Å²) in [6.07, 6.45) is 0. The summed E-state index contributed by atoms with van der Waals surface area (Å²) in [4.78, 5) is 24.0. The Balaban J connectivity index is 2.38. The van der Waals surface area contributed by atoms with Crippen LogP contribution in [-0.2, 0) is 14.8 Å². The van der Waals surface area contributed by atoms with Gasteiger partial charge in [-0.15, -0.1) is 0 Å². The van der Waals surface area contributed by atoms with Gasteiger partial charge < -0.3 is 5.32 Å². The zero-order valence-corrected chi connectivity index (χ0v) is 14.0. The molecule has 1 aromatic rings. The SMILES string of the molecule is CC(C)NC(=O)c1ccc(N2C(=O)C(C)CS2(=O)=O)cc1Cl. The second-order valence-electron chi connectivity index (χ2n) is 5.57. The van der Waals surface area contributed by atoms with E-state index >= 15 is 0 Å². The topological polar surface area (TPSA) is 83.6 Å². The molecule has 0 aliphatic carbocycles. The molecule has 1 aliphatic heterocycles. The average molecular weight is 345 g/mol. The van der Waals surface area contributed by atoms with Gasteiger partial charge in [-0.3, -0.25) is 9.59 Å². The number of sulfonamides is 1. The number of hydrogen-bond donors (Lipinski definition) is 1. The van der Waals surface area contributed by atoms with Crippen molar-refractivity contribution < 1.29 is 18.0 Å². The van der Waals surface area contributed by atoms with Gasteiger partial charge in [0.25, 0.3) is 5.91 Å². The van der Waals surface area contributed by atoms with E-state index in [0.717, 1.165) is 4.31 Å². The second kappa shape index (κ2) is 5.89. The number of amides is 2. The summed E-state index contributed by atoms with van der Waals surface area (Å²) in [6, 6.07) is 4.10. The molecule has 120 valence electrons. The lowest BCUT2D eigenvalue weighted by molar-refractivity contribution is -0.119. The number of hydrogen-bond acceptors (Lipinski definition) is 4. The van der Waals surface area contributed by atoms with Gasteiger partial charge in [0.2, 0.25) is 15.9 Å². The minimum Gasteiger partial charge on any atom is -0.350 e. The minimum absolute atomic E-state index is 0.0513. The highest BCUT2D eigenvalue weighted by Gasteiger charge is 2.42. The fourth-order valence-electron chi connectivity index (χ4n) is 2.24. The molecule has 1 unspecified atom stereocenters. The number of nitrogens with zero attached hydrogens (tertiary/aromatic N) is 1. The summed E-state index contributed by atoms with van der Waals surface area (Å²) >= 11 is 6.07. The van der Waals surface area contributed by atoms with Crippen molar-refractivity contribution in [2.75, 3.05) is 10.1 Å². The van der Waals surface area contributed by atoms with Gasteiger partial charge in [0.15, 0.2) is 0 Å². The van der Waals surface area contributed by atoms with Gasteiger partial charge in [0, 0.05) is 6.04 Å². The summed E-state index contributed by atoms with van der Waals surface area (Å²) in [5.74, 6) is -1.65. The van der Waals surface area contributed by atoms with Crippen LogP contribution in [0.15, 0.2) is 18.2 Å². The number of rotatable bonds is 3. The van der Waals surface area contributed by atoms with Crippen LogP contribution in [0.5, 0.6) is 0 Å². The fraction of sp³-hybridized carbons (Fsp3) is 0.429. The number of benzene rings is 1. The van der Waals surface area contributed by atoms with Crippen LogP contribution in [0.3, 0.4) is 0 Å². The van der Waals surface area contributed by atoms with Crippen molar-refractivity contribution in [2.45, 2.75) is 26.8 Å². The van der Waals surface area contributed by atoms with Crippen LogP contribution in [0.25, 0.3) is 0 Å². The van der Waals surface area contributed by atoms with Crippen LogP contribution in [0, 0.1) is 5.92 Å². The lowest BCUT2D eigenvalue weighted by Crippen LogP contribution is -2.31. The third-order valence-corrected chi connectivity index (χ3v) is 5.39. The normalized spacial score (nSPS) is 20.5. The van der Waals surface area contributed by atoms with Crippen molar-refractivity contribution in [1.29, 1.82) is 0 Å². The molecule has 8 heteroatoms. The Kier molecular flexibility index (Phi) is 4.49. The van der Waals surface area contributed by atoms with Crippen molar-refractivity contribution in [1.82, 2.24) is 5.32 Å². The first-order chi connectivity index (χ1) is 10.1. The fourth-order valence-corrected chi connectivity index (χ4v) is 4.31. The molecule has 0 radical (unpaired) electrons. The zero-order chi connectivity index (χ0) is 16.7. The Bertz CT molecular complexity index is 730. The maximum Gasteiger partial charge on any atom is 0.252 e. The third kappa shape index (κ3) is 3.10. The van der Waals surface area contributed by atoms with Gasteiger partial charge in [-0.25, -0.2) is 12.7 Å². The van der Waals surface area contributed by atoms with E-state index in [0.29, 0.717) is 0 Å². The molecule has 0 saturated carbocycles. The van der Waals surface area contributed by atoms with Gasteiger partial charge in [-0.05, 0) is 32.0 Å². The van der Waals surface area contributed by atoms with Crippen molar-refractivity contribution in [2.24, 2.45) is 5.92 Å². The van der Waals surface area contributed by atoms with E-state index < -0.39 is 21.8 Å². The average Bonchev–Trinajstić information content (AvgIpc) is 2.56. The molecule has 1 aromatic carbocycles. The Labute approximate surface area is 134 Å². The number of carbonyl (C=O) groups is 2. The molecule has 1 fully saturated rings. The maximum atomic E-state index is 12.0. The summed E-state index contributed by atoms with van der Waals surface area (Å²) < 4.78 is 24.8. The van der Waals surface area contributed by atoms with Crippen LogP contribution >= 0.6 is 11.6 Å². The summed E-state index contributed by atoms with van der Waals surface area (Å²) in [5.41, 5.74) is 0.386. The highest BCUT2D eigenvalue weighted by Crippen LogP contribution is 2.31. The van der Waals surface area contributed by atoms with E-state index in [1.54, 1.807) is 6.92 Å². The minimum atomic E-state index is -3.68. The first-order valence-electron chi connectivity index (χ1n) is 6.80. The number of carbonyl (C=O) groups excluding carboxylic acids is 2. The zero-order valence-electron chi connectivity index (χ0n) is 12.5. The van der Waals surface area contributed by atoms with E-state index in [-0.39, 0.29) is 34.0 Å². The lowest BCUT2D eigenvalue weighted by atomic mass is 10.1. The molecule has 1 atom stereocenters. The van der Waals surface area contributed by atoms with Gasteiger partial charge in [-0.2, -0.15) is 0 Å². The summed E-state index contributed by atoms with van der Waals surface area (Å²) in [5, 5.41) is 2.79. The quantitative estimate of drug-likeness (QED) is 0.906. The largest absolute Gasteiger partial charge is 0.350 e. The van der Waals surface area contributed by atoms with E-state index in [1.165, 1.54) is 18.2 Å². The van der Waals surface area contributed by atoms with Crippen LogP contribution in [-0.4, -0.2) is 32.0 Å². The van der Waals surface area contributed by atoms with Gasteiger partial charge in [0.05, 0.1) is 27.9 Å². The Morgan fingerprint density at radius 1 is 1.41 bits per heavy atom. The van der Waals surface area contributed by atoms with Crippen molar-refractivity contribution in [3.63, 3.8) is 0 Å². The molecule has 1 aliphatic rings. The number of halogens is 1. The lowest BCUT2D eigenvalue weighted by Gasteiger charge is -2.17. The van der Waals surface area contributed by atoms with Crippen LogP contribution < -0.4 is 9.62 Å². The predicted molar refractivity (Wildman–Crippen MR) is 84.5 cm³/mol. The van der Waals surface area contributed by atoms with E-state index in [2.05, 4.69) is 5.32 Å². The van der Waals surface area contributed by atoms with E-state index in [1.807, 2.05) is 13.8 Å². The monoisotopic (exact) mass is 344 g/mol. The van der Waals surface area contributed by atoms with Gasteiger partial charge in [-0.1, -0.05) is 18.5 Å². The standard InChI is InChI=1S/C14H17ClN2O4S/c1-8(2)16-13(18)11-5-4-10(6-12(11)15)17-14(19)9(3)7-22(17,20)21/h4-6,8-9H,7H2,1-3H3,(H,16,18). The van der Waals surface area contributed by atoms with Crippen LogP contribution in [0.1, 0.15) is 31.1 Å². The van der Waals surface area contributed by atoms with Crippen LogP contribution in [0.2, 0.25) is 5.02 Å². The molecule has 22 heavy (non-hydrogen) atoms. The molecule has 6 nitrogen and oxygen atoms in total. The number of nitrogens with one attached hydrogen (secondary N) is 1. The Hall–Kier alpha value is -1.60. The van der Waals surface area contributed by atoms with Crippen molar-refractivity contribution >= 4 is 39.1 Å². The highest BCUT2D eigenvalue weighted by atomic mass is 35.5. The maximum absolute atomic E-state index is 12.0. The molecule has 2 amide bonds. The molecular formula is C14H17ClN2O4S. The molecule has 0 aromatic heterocycles. The van der Waals surface area contributed by atoms with E-state index in [9.17, 15) is 18.0 Å². The molecule has 0 spiro atoms. The molecule has 1 N–H and O–H groups in total. The van der Waals surface area contributed by atoms with Gasteiger partial charge >= 0.3 is 0 Å². The van der Waals surface area contributed by atoms with Crippen molar-refractivity contribution in [3.8, 4) is 0 Å². The van der Waals surface area contributed by atoms with Gasteiger partial charge in [0.1, 0.15) is 0 Å². The molecule has 2 rings (SSSR count).